The van der Waals surface area contributed by atoms with E-state index in [0.29, 0.717) is 0 Å². The summed E-state index contributed by atoms with van der Waals surface area (Å²) in [6.45, 7) is 0. The largest absolute Gasteiger partial charge is 0.345 e. The first-order chi connectivity index (χ1) is 11.5. The molecule has 2 N–H and O–H groups in total. The molecule has 0 unspecified atom stereocenters. The van der Waals surface area contributed by atoms with Crippen LogP contribution in [-0.4, -0.2) is 0 Å². The number of fused-ring (bicyclic) bond motifs is 3. The Labute approximate surface area is 142 Å². The van der Waals surface area contributed by atoms with E-state index in [0.717, 1.165) is 23.5 Å². The first kappa shape index (κ1) is 15.7. The Hall–Kier alpha value is -3.18. The highest BCUT2D eigenvalue weighted by Gasteiger charge is 2.36. The maximum atomic E-state index is 14.3. The molecular weight excluding hydrogens is 354 g/mol. The van der Waals surface area contributed by atoms with E-state index in [2.05, 4.69) is 10.6 Å². The van der Waals surface area contributed by atoms with Crippen LogP contribution in [-0.2, 0) is 0 Å². The monoisotopic (exact) mass is 356 g/mol. The highest BCUT2D eigenvalue weighted by molar-refractivity contribution is 8.06. The number of hydrogen-bond acceptors (Lipinski definition) is 8. The highest BCUT2D eigenvalue weighted by Crippen LogP contribution is 2.56. The van der Waals surface area contributed by atoms with Crippen molar-refractivity contribution in [2.75, 3.05) is 10.6 Å². The fraction of sp³-hybridized carbons (Fsp3) is 0. The number of benzene rings is 1. The molecule has 3 rings (SSSR count). The molecule has 0 atom stereocenters. The Morgan fingerprint density at radius 2 is 1.04 bits per heavy atom. The minimum Gasteiger partial charge on any atom is -0.345 e. The van der Waals surface area contributed by atoms with Crippen LogP contribution in [0.25, 0.3) is 0 Å². The zero-order valence-electron chi connectivity index (χ0n) is 11.4. The number of anilines is 2. The molecule has 0 saturated carbocycles. The van der Waals surface area contributed by atoms with Crippen molar-refractivity contribution in [3.63, 3.8) is 0 Å². The van der Waals surface area contributed by atoms with E-state index >= 15 is 0 Å². The molecule has 1 aromatic rings. The summed E-state index contributed by atoms with van der Waals surface area (Å²) in [5.74, 6) is -2.35. The predicted octanol–water partition coefficient (Wildman–Crippen LogP) is 3.52. The van der Waals surface area contributed by atoms with E-state index in [1.807, 2.05) is 0 Å². The average molecular weight is 356 g/mol. The molecular formula is C14H2F2N6S2. The second kappa shape index (κ2) is 5.79. The van der Waals surface area contributed by atoms with E-state index in [-0.39, 0.29) is 42.4 Å². The van der Waals surface area contributed by atoms with Gasteiger partial charge in [0.15, 0.2) is 22.8 Å². The maximum Gasteiger partial charge on any atom is 0.185 e. The lowest BCUT2D eigenvalue weighted by Crippen LogP contribution is -2.00. The van der Waals surface area contributed by atoms with E-state index in [9.17, 15) is 8.78 Å². The highest BCUT2D eigenvalue weighted by atomic mass is 32.2. The predicted molar refractivity (Wildman–Crippen MR) is 81.8 cm³/mol. The van der Waals surface area contributed by atoms with Crippen molar-refractivity contribution >= 4 is 34.9 Å². The van der Waals surface area contributed by atoms with Crippen LogP contribution in [0.3, 0.4) is 0 Å². The van der Waals surface area contributed by atoms with Crippen LogP contribution < -0.4 is 10.6 Å². The molecule has 0 fully saturated rings. The van der Waals surface area contributed by atoms with Gasteiger partial charge in [-0.15, -0.1) is 0 Å². The van der Waals surface area contributed by atoms with Gasteiger partial charge in [-0.1, -0.05) is 23.5 Å². The third kappa shape index (κ3) is 2.14. The molecule has 0 spiro atoms. The standard InChI is InChI=1S/C14H2F2N6S2/c15-7-8(16)10-12(24-14(22-10)6(3-19)4-20)11-9(7)21-13(23-11)5(1-17)2-18/h21-22H. The Morgan fingerprint density at radius 1 is 0.708 bits per heavy atom. The Balaban J connectivity index is 2.20. The van der Waals surface area contributed by atoms with Crippen LogP contribution >= 0.6 is 23.5 Å². The van der Waals surface area contributed by atoms with Crippen molar-refractivity contribution in [1.29, 1.82) is 21.0 Å². The maximum absolute atomic E-state index is 14.3. The molecule has 2 heterocycles. The Kier molecular flexibility index (Phi) is 3.79. The summed E-state index contributed by atoms with van der Waals surface area (Å²) in [5.41, 5.74) is -0.877. The van der Waals surface area contributed by atoms with Gasteiger partial charge in [0, 0.05) is 0 Å². The fourth-order valence-corrected chi connectivity index (χ4v) is 4.25. The van der Waals surface area contributed by atoms with Crippen molar-refractivity contribution in [3.05, 3.63) is 32.8 Å². The molecule has 114 valence electrons. The molecule has 10 heteroatoms. The summed E-state index contributed by atoms with van der Waals surface area (Å²) < 4.78 is 28.5. The number of rotatable bonds is 0. The van der Waals surface area contributed by atoms with Gasteiger partial charge in [0.2, 0.25) is 0 Å². The third-order valence-electron chi connectivity index (χ3n) is 3.08. The zero-order valence-corrected chi connectivity index (χ0v) is 13.0. The van der Waals surface area contributed by atoms with Gasteiger partial charge in [-0.3, -0.25) is 0 Å². The summed E-state index contributed by atoms with van der Waals surface area (Å²) in [7, 11) is 0. The lowest BCUT2D eigenvalue weighted by Gasteiger charge is -2.07. The van der Waals surface area contributed by atoms with Gasteiger partial charge >= 0.3 is 0 Å². The topological polar surface area (TPSA) is 119 Å². The minimum atomic E-state index is -1.17. The number of halogens is 2. The van der Waals surface area contributed by atoms with Crippen LogP contribution in [0.4, 0.5) is 20.2 Å². The van der Waals surface area contributed by atoms with Gasteiger partial charge in [-0.2, -0.15) is 21.0 Å². The molecule has 6 nitrogen and oxygen atoms in total. The summed E-state index contributed by atoms with van der Waals surface area (Å²) in [4.78, 5) is 0.564. The second-order valence-electron chi connectivity index (χ2n) is 4.35. The third-order valence-corrected chi connectivity index (χ3v) is 5.45. The van der Waals surface area contributed by atoms with Gasteiger partial charge < -0.3 is 10.6 Å². The van der Waals surface area contributed by atoms with Gasteiger partial charge in [-0.05, 0) is 0 Å². The fourth-order valence-electron chi connectivity index (χ4n) is 2.03. The number of thioether (sulfide) groups is 2. The van der Waals surface area contributed by atoms with Crippen molar-refractivity contribution in [3.8, 4) is 24.3 Å². The van der Waals surface area contributed by atoms with Crippen LogP contribution in [0.1, 0.15) is 0 Å². The molecule has 0 saturated heterocycles. The SMILES string of the molecule is N#CC(C#N)=C1Nc2c(F)c(F)c3c(c2S1)SC(=C(C#N)C#N)N3. The summed E-state index contributed by atoms with van der Waals surface area (Å²) >= 11 is 1.84. The van der Waals surface area contributed by atoms with E-state index < -0.39 is 11.6 Å². The molecule has 2 aliphatic heterocycles. The van der Waals surface area contributed by atoms with Crippen LogP contribution in [0.2, 0.25) is 0 Å². The van der Waals surface area contributed by atoms with Crippen LogP contribution in [0.5, 0.6) is 0 Å². The molecule has 0 bridgehead atoms. The van der Waals surface area contributed by atoms with E-state index in [4.69, 9.17) is 21.0 Å². The summed E-state index contributed by atoms with van der Waals surface area (Å²) in [6, 6.07) is 6.71. The summed E-state index contributed by atoms with van der Waals surface area (Å²) in [5, 5.41) is 40.9. The molecule has 1 aromatic carbocycles. The van der Waals surface area contributed by atoms with Gasteiger partial charge in [0.25, 0.3) is 0 Å². The van der Waals surface area contributed by atoms with Crippen molar-refractivity contribution < 1.29 is 8.78 Å². The Bertz CT molecular complexity index is 915. The van der Waals surface area contributed by atoms with Gasteiger partial charge in [-0.25, -0.2) is 8.78 Å². The molecule has 0 radical (unpaired) electrons. The lowest BCUT2D eigenvalue weighted by molar-refractivity contribution is 0.510. The van der Waals surface area contributed by atoms with Crippen molar-refractivity contribution in [2.45, 2.75) is 9.79 Å². The smallest absolute Gasteiger partial charge is 0.185 e. The normalized spacial score (nSPS) is 13.4. The summed E-state index contributed by atoms with van der Waals surface area (Å²) in [6.07, 6.45) is 0. The molecule has 0 aliphatic carbocycles. The van der Waals surface area contributed by atoms with Crippen molar-refractivity contribution in [1.82, 2.24) is 0 Å². The molecule has 0 amide bonds. The first-order valence-corrected chi connectivity index (χ1v) is 7.72. The van der Waals surface area contributed by atoms with Crippen LogP contribution in [0.15, 0.2) is 31.0 Å². The quantitative estimate of drug-likeness (QED) is 0.678. The van der Waals surface area contributed by atoms with E-state index in [1.54, 1.807) is 24.3 Å². The molecule has 0 aromatic heterocycles. The van der Waals surface area contributed by atoms with Gasteiger partial charge in [0.1, 0.15) is 34.3 Å². The second-order valence-corrected chi connectivity index (χ2v) is 6.39. The lowest BCUT2D eigenvalue weighted by atomic mass is 10.2. The minimum absolute atomic E-state index is 0.0977. The average Bonchev–Trinajstić information content (AvgIpc) is 3.20. The Morgan fingerprint density at radius 3 is 1.33 bits per heavy atom. The molecule has 24 heavy (non-hydrogen) atoms. The zero-order chi connectivity index (χ0) is 17.4. The van der Waals surface area contributed by atoms with Crippen molar-refractivity contribution in [2.24, 2.45) is 0 Å². The van der Waals surface area contributed by atoms with Crippen LogP contribution in [0, 0.1) is 57.0 Å². The molecule has 2 aliphatic rings. The number of hydrogen-bond donors (Lipinski definition) is 2. The number of nitriles is 4. The van der Waals surface area contributed by atoms with Gasteiger partial charge in [0.05, 0.1) is 21.2 Å². The number of nitrogens with zero attached hydrogens (tertiary/aromatic N) is 4. The number of allylic oxidation sites excluding steroid dienone is 2. The number of nitrogens with one attached hydrogen (secondary N) is 2. The van der Waals surface area contributed by atoms with E-state index in [1.165, 1.54) is 0 Å². The first-order valence-electron chi connectivity index (χ1n) is 6.09.